The number of anilines is 1. The van der Waals surface area contributed by atoms with Crippen LogP contribution >= 0.6 is 0 Å². The number of methoxy groups -OCH3 is 1. The largest absolute Gasteiger partial charge is 0.497 e. The average molecular weight is 306 g/mol. The van der Waals surface area contributed by atoms with Crippen molar-refractivity contribution >= 4 is 15.7 Å². The van der Waals surface area contributed by atoms with E-state index in [9.17, 15) is 8.42 Å². The van der Waals surface area contributed by atoms with Crippen molar-refractivity contribution in [3.63, 3.8) is 0 Å². The highest BCUT2D eigenvalue weighted by Crippen LogP contribution is 2.19. The second-order valence-electron chi connectivity index (χ2n) is 4.51. The molecular weight excluding hydrogens is 288 g/mol. The van der Waals surface area contributed by atoms with E-state index in [4.69, 9.17) is 4.74 Å². The molecule has 6 heteroatoms. The minimum atomic E-state index is -3.60. The lowest BCUT2D eigenvalue weighted by Crippen LogP contribution is -2.13. The molecule has 0 fully saturated rings. The van der Waals surface area contributed by atoms with E-state index < -0.39 is 10.0 Å². The fraction of sp³-hybridized carbons (Fsp3) is 0.200. The second-order valence-corrected chi connectivity index (χ2v) is 6.19. The standard InChI is InChI=1S/C15H18N2O3S/c1-16-11-12-4-3-5-13(10-12)17-21(18,19)15-8-6-14(20-2)7-9-15/h3-10,16-17H,11H2,1-2H3. The molecule has 0 radical (unpaired) electrons. The first-order valence-corrected chi connectivity index (χ1v) is 7.94. The summed E-state index contributed by atoms with van der Waals surface area (Å²) in [6.45, 7) is 0.679. The smallest absolute Gasteiger partial charge is 0.261 e. The number of nitrogens with one attached hydrogen (secondary N) is 2. The van der Waals surface area contributed by atoms with Gasteiger partial charge in [-0.25, -0.2) is 8.42 Å². The van der Waals surface area contributed by atoms with Crippen LogP contribution in [0.1, 0.15) is 5.56 Å². The van der Waals surface area contributed by atoms with Gasteiger partial charge < -0.3 is 10.1 Å². The van der Waals surface area contributed by atoms with E-state index >= 15 is 0 Å². The Labute approximate surface area is 125 Å². The highest BCUT2D eigenvalue weighted by Gasteiger charge is 2.14. The minimum Gasteiger partial charge on any atom is -0.497 e. The fourth-order valence-corrected chi connectivity index (χ4v) is 2.97. The summed E-state index contributed by atoms with van der Waals surface area (Å²) in [5, 5.41) is 3.03. The fourth-order valence-electron chi connectivity index (χ4n) is 1.92. The van der Waals surface area contributed by atoms with Gasteiger partial charge in [-0.15, -0.1) is 0 Å². The summed E-state index contributed by atoms with van der Waals surface area (Å²) in [6, 6.07) is 13.5. The van der Waals surface area contributed by atoms with Crippen LogP contribution in [0.2, 0.25) is 0 Å². The lowest BCUT2D eigenvalue weighted by Gasteiger charge is -2.10. The van der Waals surface area contributed by atoms with Crippen LogP contribution in [0.4, 0.5) is 5.69 Å². The second kappa shape index (κ2) is 6.60. The van der Waals surface area contributed by atoms with E-state index in [0.717, 1.165) is 5.56 Å². The summed E-state index contributed by atoms with van der Waals surface area (Å²) in [5.41, 5.74) is 1.55. The van der Waals surface area contributed by atoms with E-state index in [-0.39, 0.29) is 4.90 Å². The van der Waals surface area contributed by atoms with Crippen molar-refractivity contribution in [1.29, 1.82) is 0 Å². The third-order valence-electron chi connectivity index (χ3n) is 2.93. The van der Waals surface area contributed by atoms with Gasteiger partial charge in [0.1, 0.15) is 5.75 Å². The van der Waals surface area contributed by atoms with E-state index in [1.165, 1.54) is 19.2 Å². The van der Waals surface area contributed by atoms with Crippen molar-refractivity contribution in [1.82, 2.24) is 5.32 Å². The van der Waals surface area contributed by atoms with E-state index in [1.54, 1.807) is 24.3 Å². The number of ether oxygens (including phenoxy) is 1. The zero-order valence-corrected chi connectivity index (χ0v) is 12.8. The lowest BCUT2D eigenvalue weighted by molar-refractivity contribution is 0.414. The summed E-state index contributed by atoms with van der Waals surface area (Å²) >= 11 is 0. The predicted molar refractivity (Wildman–Crippen MR) is 83.0 cm³/mol. The van der Waals surface area contributed by atoms with Gasteiger partial charge in [-0.1, -0.05) is 12.1 Å². The Morgan fingerprint density at radius 2 is 1.81 bits per heavy atom. The van der Waals surface area contributed by atoms with Gasteiger partial charge >= 0.3 is 0 Å². The Morgan fingerprint density at radius 3 is 2.43 bits per heavy atom. The monoisotopic (exact) mass is 306 g/mol. The van der Waals surface area contributed by atoms with E-state index in [0.29, 0.717) is 18.0 Å². The normalized spacial score (nSPS) is 11.1. The summed E-state index contributed by atoms with van der Waals surface area (Å²) in [5.74, 6) is 0.616. The number of sulfonamides is 1. The average Bonchev–Trinajstić information content (AvgIpc) is 2.47. The van der Waals surface area contributed by atoms with Crippen LogP contribution in [-0.4, -0.2) is 22.6 Å². The maximum Gasteiger partial charge on any atom is 0.261 e. The molecule has 0 aliphatic rings. The van der Waals surface area contributed by atoms with Crippen LogP contribution in [-0.2, 0) is 16.6 Å². The maximum atomic E-state index is 12.3. The summed E-state index contributed by atoms with van der Waals surface area (Å²) in [7, 11) is -0.218. The molecule has 0 atom stereocenters. The molecule has 0 aliphatic carbocycles. The van der Waals surface area contributed by atoms with Crippen LogP contribution in [0.25, 0.3) is 0 Å². The van der Waals surface area contributed by atoms with Crippen molar-refractivity contribution in [3.8, 4) is 5.75 Å². The van der Waals surface area contributed by atoms with Gasteiger partial charge in [0, 0.05) is 12.2 Å². The molecule has 2 rings (SSSR count). The first kappa shape index (κ1) is 15.3. The molecular formula is C15H18N2O3S. The summed E-state index contributed by atoms with van der Waals surface area (Å²) in [4.78, 5) is 0.197. The quantitative estimate of drug-likeness (QED) is 0.858. The van der Waals surface area contributed by atoms with E-state index in [2.05, 4.69) is 10.0 Å². The molecule has 0 amide bonds. The molecule has 0 spiro atoms. The molecule has 5 nitrogen and oxygen atoms in total. The molecule has 0 saturated heterocycles. The Balaban J connectivity index is 2.21. The van der Waals surface area contributed by atoms with Crippen molar-refractivity contribution in [2.45, 2.75) is 11.4 Å². The van der Waals surface area contributed by atoms with Gasteiger partial charge in [0.05, 0.1) is 12.0 Å². The molecule has 0 aliphatic heterocycles. The van der Waals surface area contributed by atoms with Crippen molar-refractivity contribution in [3.05, 3.63) is 54.1 Å². The van der Waals surface area contributed by atoms with Crippen LogP contribution in [0.3, 0.4) is 0 Å². The molecule has 2 aromatic rings. The van der Waals surface area contributed by atoms with Gasteiger partial charge in [-0.2, -0.15) is 0 Å². The first-order chi connectivity index (χ1) is 10.0. The molecule has 0 saturated carbocycles. The topological polar surface area (TPSA) is 67.4 Å². The third-order valence-corrected chi connectivity index (χ3v) is 4.33. The summed E-state index contributed by atoms with van der Waals surface area (Å²) < 4.78 is 32.2. The zero-order valence-electron chi connectivity index (χ0n) is 12.0. The molecule has 21 heavy (non-hydrogen) atoms. The number of hydrogen-bond donors (Lipinski definition) is 2. The number of hydrogen-bond acceptors (Lipinski definition) is 4. The minimum absolute atomic E-state index is 0.197. The Morgan fingerprint density at radius 1 is 1.10 bits per heavy atom. The van der Waals surface area contributed by atoms with Crippen molar-refractivity contribution < 1.29 is 13.2 Å². The highest BCUT2D eigenvalue weighted by molar-refractivity contribution is 7.92. The molecule has 2 N–H and O–H groups in total. The molecule has 112 valence electrons. The lowest BCUT2D eigenvalue weighted by atomic mass is 10.2. The zero-order chi connectivity index (χ0) is 15.3. The Kier molecular flexibility index (Phi) is 4.82. The first-order valence-electron chi connectivity index (χ1n) is 6.45. The molecule has 0 aromatic heterocycles. The van der Waals surface area contributed by atoms with Crippen LogP contribution in [0, 0.1) is 0 Å². The van der Waals surface area contributed by atoms with Gasteiger partial charge in [-0.3, -0.25) is 4.72 Å². The molecule has 2 aromatic carbocycles. The highest BCUT2D eigenvalue weighted by atomic mass is 32.2. The van der Waals surface area contributed by atoms with Crippen LogP contribution in [0.5, 0.6) is 5.75 Å². The van der Waals surface area contributed by atoms with E-state index in [1.807, 2.05) is 19.2 Å². The van der Waals surface area contributed by atoms with Gasteiger partial charge in [0.2, 0.25) is 0 Å². The third kappa shape index (κ3) is 3.96. The van der Waals surface area contributed by atoms with Crippen molar-refractivity contribution in [2.75, 3.05) is 18.9 Å². The van der Waals surface area contributed by atoms with Crippen LogP contribution in [0.15, 0.2) is 53.4 Å². The molecule has 0 unspecified atom stereocenters. The van der Waals surface area contributed by atoms with Gasteiger partial charge in [0.25, 0.3) is 10.0 Å². The summed E-state index contributed by atoms with van der Waals surface area (Å²) in [6.07, 6.45) is 0. The Hall–Kier alpha value is -2.05. The number of benzene rings is 2. The molecule has 0 heterocycles. The van der Waals surface area contributed by atoms with Crippen LogP contribution < -0.4 is 14.8 Å². The van der Waals surface area contributed by atoms with Crippen molar-refractivity contribution in [2.24, 2.45) is 0 Å². The maximum absolute atomic E-state index is 12.3. The van der Waals surface area contributed by atoms with Gasteiger partial charge in [0.15, 0.2) is 0 Å². The SMILES string of the molecule is CNCc1cccc(NS(=O)(=O)c2ccc(OC)cc2)c1. The van der Waals surface area contributed by atoms with Gasteiger partial charge in [-0.05, 0) is 49.0 Å². The predicted octanol–water partition coefficient (Wildman–Crippen LogP) is 2.22. The molecule has 0 bridgehead atoms. The number of rotatable bonds is 6. The Bertz CT molecular complexity index is 697.